The number of rotatable bonds is 1. The third kappa shape index (κ3) is 2.18. The van der Waals surface area contributed by atoms with Gasteiger partial charge < -0.3 is 10.3 Å². The maximum atomic E-state index is 11.8. The molecular weight excluding hydrogens is 210 g/mol. The molecule has 0 bridgehead atoms. The van der Waals surface area contributed by atoms with Gasteiger partial charge in [0.25, 0.3) is 5.91 Å². The van der Waals surface area contributed by atoms with Gasteiger partial charge in [-0.2, -0.15) is 4.99 Å². The summed E-state index contributed by atoms with van der Waals surface area (Å²) in [6.45, 7) is 0. The molecule has 82 valence electrons. The highest BCUT2D eigenvalue weighted by molar-refractivity contribution is 7.07. The predicted octanol–water partition coefficient (Wildman–Crippen LogP) is 0.641. The van der Waals surface area contributed by atoms with E-state index in [2.05, 4.69) is 4.99 Å². The third-order valence-electron chi connectivity index (χ3n) is 2.85. The van der Waals surface area contributed by atoms with Gasteiger partial charge in [0, 0.05) is 24.7 Å². The van der Waals surface area contributed by atoms with Crippen LogP contribution in [0.2, 0.25) is 0 Å². The van der Waals surface area contributed by atoms with E-state index in [9.17, 15) is 4.79 Å². The van der Waals surface area contributed by atoms with Crippen LogP contribution in [0.1, 0.15) is 19.3 Å². The Balaban J connectivity index is 2.20. The summed E-state index contributed by atoms with van der Waals surface area (Å²) < 4.78 is 1.85. The summed E-state index contributed by atoms with van der Waals surface area (Å²) in [7, 11) is 1.89. The molecular formula is C10H15N3OS. The molecule has 1 saturated carbocycles. The minimum absolute atomic E-state index is 0.00604. The van der Waals surface area contributed by atoms with Gasteiger partial charge in [-0.25, -0.2) is 0 Å². The van der Waals surface area contributed by atoms with E-state index in [0.717, 1.165) is 24.1 Å². The second-order valence-electron chi connectivity index (χ2n) is 3.95. The lowest BCUT2D eigenvalue weighted by Gasteiger charge is -2.09. The first-order valence-corrected chi connectivity index (χ1v) is 6.01. The maximum Gasteiger partial charge on any atom is 0.253 e. The van der Waals surface area contributed by atoms with Crippen molar-refractivity contribution in [1.29, 1.82) is 0 Å². The summed E-state index contributed by atoms with van der Waals surface area (Å²) in [5.74, 6) is -0.120. The number of aryl methyl sites for hydroxylation is 1. The summed E-state index contributed by atoms with van der Waals surface area (Å²) in [6, 6.07) is 0.00604. The van der Waals surface area contributed by atoms with E-state index in [1.54, 1.807) is 0 Å². The van der Waals surface area contributed by atoms with Crippen LogP contribution in [0, 0.1) is 5.92 Å². The first-order chi connectivity index (χ1) is 7.18. The van der Waals surface area contributed by atoms with Gasteiger partial charge in [-0.1, -0.05) is 6.42 Å². The Hall–Kier alpha value is -0.940. The number of nitrogens with two attached hydrogens (primary N) is 1. The highest BCUT2D eigenvalue weighted by Crippen LogP contribution is 2.24. The fraction of sp³-hybridized carbons (Fsp3) is 0.600. The molecule has 2 atom stereocenters. The molecule has 0 spiro atoms. The number of hydrogen-bond donors (Lipinski definition) is 1. The summed E-state index contributed by atoms with van der Waals surface area (Å²) in [4.78, 5) is 16.7. The minimum Gasteiger partial charge on any atom is -0.327 e. The molecule has 1 aliphatic rings. The molecule has 0 aromatic carbocycles. The van der Waals surface area contributed by atoms with Gasteiger partial charge in [0.1, 0.15) is 0 Å². The van der Waals surface area contributed by atoms with Crippen LogP contribution in [0.15, 0.2) is 16.6 Å². The molecule has 0 aliphatic heterocycles. The number of aromatic nitrogens is 1. The van der Waals surface area contributed by atoms with Gasteiger partial charge in [0.15, 0.2) is 4.80 Å². The highest BCUT2D eigenvalue weighted by atomic mass is 32.1. The smallest absolute Gasteiger partial charge is 0.253 e. The molecule has 1 heterocycles. The van der Waals surface area contributed by atoms with E-state index in [1.165, 1.54) is 11.3 Å². The number of hydrogen-bond acceptors (Lipinski definition) is 3. The fourth-order valence-corrected chi connectivity index (χ4v) is 2.64. The monoisotopic (exact) mass is 225 g/mol. The van der Waals surface area contributed by atoms with E-state index < -0.39 is 0 Å². The van der Waals surface area contributed by atoms with Crippen molar-refractivity contribution >= 4 is 17.2 Å². The number of carbonyl (C=O) groups excluding carboxylic acids is 1. The van der Waals surface area contributed by atoms with Crippen molar-refractivity contribution < 1.29 is 4.79 Å². The van der Waals surface area contributed by atoms with Crippen LogP contribution in [-0.2, 0) is 11.8 Å². The first kappa shape index (κ1) is 10.6. The Morgan fingerprint density at radius 3 is 3.00 bits per heavy atom. The lowest BCUT2D eigenvalue weighted by molar-refractivity contribution is -0.122. The highest BCUT2D eigenvalue weighted by Gasteiger charge is 2.29. The molecule has 1 amide bonds. The second kappa shape index (κ2) is 4.28. The van der Waals surface area contributed by atoms with Crippen LogP contribution in [0.5, 0.6) is 0 Å². The Morgan fingerprint density at radius 1 is 1.67 bits per heavy atom. The van der Waals surface area contributed by atoms with Crippen LogP contribution in [0.3, 0.4) is 0 Å². The van der Waals surface area contributed by atoms with Crippen molar-refractivity contribution in [3.63, 3.8) is 0 Å². The van der Waals surface area contributed by atoms with Crippen molar-refractivity contribution in [3.8, 4) is 0 Å². The Kier molecular flexibility index (Phi) is 3.02. The zero-order valence-electron chi connectivity index (χ0n) is 8.72. The fourth-order valence-electron chi connectivity index (χ4n) is 1.91. The van der Waals surface area contributed by atoms with Crippen LogP contribution >= 0.6 is 11.3 Å². The van der Waals surface area contributed by atoms with Gasteiger partial charge in [0.2, 0.25) is 0 Å². The zero-order chi connectivity index (χ0) is 10.8. The number of carbonyl (C=O) groups is 1. The summed E-state index contributed by atoms with van der Waals surface area (Å²) in [5, 5.41) is 1.92. The van der Waals surface area contributed by atoms with Gasteiger partial charge in [-0.3, -0.25) is 4.79 Å². The lowest BCUT2D eigenvalue weighted by Crippen LogP contribution is -2.31. The summed E-state index contributed by atoms with van der Waals surface area (Å²) in [6.07, 6.45) is 4.77. The van der Waals surface area contributed by atoms with E-state index in [4.69, 9.17) is 5.73 Å². The molecule has 2 N–H and O–H groups in total. The molecule has 2 unspecified atom stereocenters. The van der Waals surface area contributed by atoms with Gasteiger partial charge in [0.05, 0.1) is 5.92 Å². The van der Waals surface area contributed by atoms with Gasteiger partial charge in [-0.05, 0) is 12.8 Å². The van der Waals surface area contributed by atoms with Crippen LogP contribution in [0.4, 0.5) is 0 Å². The predicted molar refractivity (Wildman–Crippen MR) is 59.2 cm³/mol. The number of nitrogens with zero attached hydrogens (tertiary/aromatic N) is 2. The quantitative estimate of drug-likeness (QED) is 0.762. The molecule has 2 rings (SSSR count). The van der Waals surface area contributed by atoms with Crippen molar-refractivity contribution in [2.45, 2.75) is 25.3 Å². The summed E-state index contributed by atoms with van der Waals surface area (Å²) >= 11 is 1.47. The Bertz CT molecular complexity index is 420. The minimum atomic E-state index is -0.0629. The number of thiazole rings is 1. The van der Waals surface area contributed by atoms with Crippen molar-refractivity contribution in [3.05, 3.63) is 16.4 Å². The topological polar surface area (TPSA) is 60.4 Å². The van der Waals surface area contributed by atoms with Gasteiger partial charge in [-0.15, -0.1) is 11.3 Å². The largest absolute Gasteiger partial charge is 0.327 e. The van der Waals surface area contributed by atoms with E-state index >= 15 is 0 Å². The average Bonchev–Trinajstić information content (AvgIpc) is 2.76. The third-order valence-corrected chi connectivity index (χ3v) is 3.70. The second-order valence-corrected chi connectivity index (χ2v) is 4.82. The van der Waals surface area contributed by atoms with Crippen LogP contribution in [-0.4, -0.2) is 16.5 Å². The molecule has 1 aromatic heterocycles. The Morgan fingerprint density at radius 2 is 2.47 bits per heavy atom. The average molecular weight is 225 g/mol. The molecule has 15 heavy (non-hydrogen) atoms. The molecule has 1 aromatic rings. The lowest BCUT2D eigenvalue weighted by atomic mass is 10.0. The number of amides is 1. The normalized spacial score (nSPS) is 27.2. The van der Waals surface area contributed by atoms with Gasteiger partial charge >= 0.3 is 0 Å². The molecule has 0 saturated heterocycles. The molecule has 1 fully saturated rings. The zero-order valence-corrected chi connectivity index (χ0v) is 9.54. The Labute approximate surface area is 92.4 Å². The summed E-state index contributed by atoms with van der Waals surface area (Å²) in [5.41, 5.74) is 5.86. The van der Waals surface area contributed by atoms with Crippen molar-refractivity contribution in [2.24, 2.45) is 23.7 Å². The van der Waals surface area contributed by atoms with E-state index in [0.29, 0.717) is 0 Å². The molecule has 1 aliphatic carbocycles. The standard InChI is InChI=1S/C10H15N3OS/c1-13-5-6-15-10(13)12-9(14)7-3-2-4-8(7)11/h5-8H,2-4,11H2,1H3. The van der Waals surface area contributed by atoms with Crippen molar-refractivity contribution in [1.82, 2.24) is 4.57 Å². The van der Waals surface area contributed by atoms with Crippen LogP contribution < -0.4 is 10.5 Å². The van der Waals surface area contributed by atoms with E-state index in [-0.39, 0.29) is 17.9 Å². The SMILES string of the molecule is Cn1ccsc1=NC(=O)C1CCCC1N. The molecule has 4 nitrogen and oxygen atoms in total. The molecule has 0 radical (unpaired) electrons. The maximum absolute atomic E-state index is 11.8. The van der Waals surface area contributed by atoms with Crippen LogP contribution in [0.25, 0.3) is 0 Å². The van der Waals surface area contributed by atoms with E-state index in [1.807, 2.05) is 23.2 Å². The molecule has 5 heteroatoms. The first-order valence-electron chi connectivity index (χ1n) is 5.13. The van der Waals surface area contributed by atoms with Crippen molar-refractivity contribution in [2.75, 3.05) is 0 Å².